The summed E-state index contributed by atoms with van der Waals surface area (Å²) < 4.78 is 27.8. The second-order valence-corrected chi connectivity index (χ2v) is 6.51. The Balaban J connectivity index is 1.22. The number of amides is 1. The van der Waals surface area contributed by atoms with Gasteiger partial charge in [-0.25, -0.2) is 0 Å². The highest BCUT2D eigenvalue weighted by Gasteiger charge is 2.28. The maximum absolute atomic E-state index is 12.4. The van der Waals surface area contributed by atoms with Gasteiger partial charge < -0.3 is 23.4 Å². The lowest BCUT2D eigenvalue weighted by Gasteiger charge is -2.24. The van der Waals surface area contributed by atoms with Gasteiger partial charge in [-0.15, -0.1) is 5.10 Å². The molecule has 0 aliphatic carbocycles. The van der Waals surface area contributed by atoms with Crippen LogP contribution in [0.25, 0.3) is 0 Å². The van der Waals surface area contributed by atoms with E-state index in [4.69, 9.17) is 23.4 Å². The highest BCUT2D eigenvalue weighted by Crippen LogP contribution is 2.32. The molecular weight excluding hydrogens is 378 g/mol. The number of hydrogen-bond donors (Lipinski definition) is 1. The minimum atomic E-state index is -0.807. The topological polar surface area (TPSA) is 105 Å². The summed E-state index contributed by atoms with van der Waals surface area (Å²) in [6.45, 7) is 1.16. The van der Waals surface area contributed by atoms with Gasteiger partial charge >= 0.3 is 6.01 Å². The molecule has 0 bridgehead atoms. The fraction of sp³-hybridized carbons (Fsp3) is 0.250. The molecule has 0 saturated carbocycles. The van der Waals surface area contributed by atoms with E-state index in [0.717, 1.165) is 11.3 Å². The van der Waals surface area contributed by atoms with Crippen LogP contribution in [0.1, 0.15) is 11.5 Å². The number of carbonyl (C=O) groups is 1. The summed E-state index contributed by atoms with van der Waals surface area (Å²) in [5.74, 6) is 2.48. The molecular formula is C20H17N3O6. The predicted octanol–water partition coefficient (Wildman–Crippen LogP) is 2.21. The minimum absolute atomic E-state index is 0.00463. The molecule has 1 amide bonds. The van der Waals surface area contributed by atoms with Crippen LogP contribution >= 0.6 is 0 Å². The van der Waals surface area contributed by atoms with Crippen LogP contribution in [-0.4, -0.2) is 42.0 Å². The van der Waals surface area contributed by atoms with E-state index in [1.807, 2.05) is 30.3 Å². The number of para-hydroxylation sites is 2. The fourth-order valence-corrected chi connectivity index (χ4v) is 3.08. The highest BCUT2D eigenvalue weighted by molar-refractivity contribution is 5.92. The van der Waals surface area contributed by atoms with Gasteiger partial charge in [0.25, 0.3) is 5.91 Å². The van der Waals surface area contributed by atoms with Crippen LogP contribution < -0.4 is 24.3 Å². The molecule has 148 valence electrons. The van der Waals surface area contributed by atoms with Gasteiger partial charge in [-0.05, 0) is 29.8 Å². The van der Waals surface area contributed by atoms with Gasteiger partial charge in [0, 0.05) is 0 Å². The van der Waals surface area contributed by atoms with Crippen molar-refractivity contribution in [2.24, 2.45) is 0 Å². The standard InChI is InChI=1S/C20H17N3O6/c24-19(17-11-27-13-3-1-2-4-15(13)28-17)21-20-23-22-18(29-20)10-12-5-6-14-16(9-12)26-8-7-25-14/h1-6,9,17H,7-8,10-11H2,(H,21,23,24). The summed E-state index contributed by atoms with van der Waals surface area (Å²) in [6.07, 6.45) is -0.409. The van der Waals surface area contributed by atoms with E-state index >= 15 is 0 Å². The predicted molar refractivity (Wildman–Crippen MR) is 99.5 cm³/mol. The first kappa shape index (κ1) is 17.4. The van der Waals surface area contributed by atoms with Crippen LogP contribution in [0.5, 0.6) is 23.0 Å². The van der Waals surface area contributed by atoms with Crippen molar-refractivity contribution in [1.29, 1.82) is 0 Å². The van der Waals surface area contributed by atoms with Gasteiger partial charge in [-0.2, -0.15) is 0 Å². The largest absolute Gasteiger partial charge is 0.486 e. The van der Waals surface area contributed by atoms with E-state index in [1.165, 1.54) is 0 Å². The molecule has 2 aliphatic rings. The summed E-state index contributed by atoms with van der Waals surface area (Å²) >= 11 is 0. The average Bonchev–Trinajstić information content (AvgIpc) is 3.20. The summed E-state index contributed by atoms with van der Waals surface area (Å²) in [6, 6.07) is 12.8. The zero-order chi connectivity index (χ0) is 19.6. The summed E-state index contributed by atoms with van der Waals surface area (Å²) in [5, 5.41) is 10.4. The normalized spacial score (nSPS) is 16.9. The number of anilines is 1. The molecule has 2 aromatic carbocycles. The number of ether oxygens (including phenoxy) is 4. The second kappa shape index (κ2) is 7.34. The molecule has 0 saturated heterocycles. The molecule has 0 radical (unpaired) electrons. The average molecular weight is 395 g/mol. The monoisotopic (exact) mass is 395 g/mol. The summed E-state index contributed by atoms with van der Waals surface area (Å²) in [7, 11) is 0. The van der Waals surface area contributed by atoms with E-state index in [0.29, 0.717) is 42.8 Å². The van der Waals surface area contributed by atoms with Crippen LogP contribution in [-0.2, 0) is 11.2 Å². The summed E-state index contributed by atoms with van der Waals surface area (Å²) in [4.78, 5) is 12.4. The summed E-state index contributed by atoms with van der Waals surface area (Å²) in [5.41, 5.74) is 0.927. The number of fused-ring (bicyclic) bond motifs is 2. The van der Waals surface area contributed by atoms with Crippen molar-refractivity contribution >= 4 is 11.9 Å². The third-order valence-electron chi connectivity index (χ3n) is 4.46. The number of aromatic nitrogens is 2. The number of hydrogen-bond acceptors (Lipinski definition) is 8. The molecule has 0 spiro atoms. The van der Waals surface area contributed by atoms with E-state index in [9.17, 15) is 4.79 Å². The smallest absolute Gasteiger partial charge is 0.322 e. The maximum Gasteiger partial charge on any atom is 0.322 e. The van der Waals surface area contributed by atoms with Crippen LogP contribution in [0.2, 0.25) is 0 Å². The Morgan fingerprint density at radius 1 is 0.966 bits per heavy atom. The van der Waals surface area contributed by atoms with E-state index < -0.39 is 12.0 Å². The third kappa shape index (κ3) is 3.66. The van der Waals surface area contributed by atoms with E-state index in [2.05, 4.69) is 15.5 Å². The van der Waals surface area contributed by atoms with Crippen molar-refractivity contribution in [3.05, 3.63) is 53.9 Å². The Morgan fingerprint density at radius 2 is 1.76 bits per heavy atom. The first-order valence-electron chi connectivity index (χ1n) is 9.15. The van der Waals surface area contributed by atoms with Gasteiger partial charge in [0.1, 0.15) is 19.8 Å². The fourth-order valence-electron chi connectivity index (χ4n) is 3.08. The first-order chi connectivity index (χ1) is 14.2. The van der Waals surface area contributed by atoms with Crippen molar-refractivity contribution in [1.82, 2.24) is 10.2 Å². The van der Waals surface area contributed by atoms with Crippen molar-refractivity contribution in [3.63, 3.8) is 0 Å². The number of rotatable bonds is 4. The lowest BCUT2D eigenvalue weighted by atomic mass is 10.1. The van der Waals surface area contributed by atoms with Crippen LogP contribution in [0, 0.1) is 0 Å². The first-order valence-corrected chi connectivity index (χ1v) is 9.15. The SMILES string of the molecule is O=C(Nc1nnc(Cc2ccc3c(c2)OCCO3)o1)C1COc2ccccc2O1. The number of carbonyl (C=O) groups excluding carboxylic acids is 1. The van der Waals surface area contributed by atoms with Crippen molar-refractivity contribution in [2.75, 3.05) is 25.1 Å². The zero-order valence-corrected chi connectivity index (χ0v) is 15.3. The lowest BCUT2D eigenvalue weighted by Crippen LogP contribution is -2.40. The quantitative estimate of drug-likeness (QED) is 0.717. The van der Waals surface area contributed by atoms with Crippen LogP contribution in [0.4, 0.5) is 6.01 Å². The molecule has 0 fully saturated rings. The molecule has 1 aromatic heterocycles. The van der Waals surface area contributed by atoms with Crippen molar-refractivity contribution in [2.45, 2.75) is 12.5 Å². The van der Waals surface area contributed by atoms with Crippen LogP contribution in [0.3, 0.4) is 0 Å². The molecule has 5 rings (SSSR count). The molecule has 3 heterocycles. The lowest BCUT2D eigenvalue weighted by molar-refractivity contribution is -0.125. The number of benzene rings is 2. The van der Waals surface area contributed by atoms with Gasteiger partial charge in [0.2, 0.25) is 12.0 Å². The van der Waals surface area contributed by atoms with E-state index in [-0.39, 0.29) is 12.6 Å². The van der Waals surface area contributed by atoms with Crippen LogP contribution in [0.15, 0.2) is 46.9 Å². The molecule has 2 aliphatic heterocycles. The Bertz CT molecular complexity index is 1050. The van der Waals surface area contributed by atoms with Crippen molar-refractivity contribution in [3.8, 4) is 23.0 Å². The molecule has 3 aromatic rings. The Hall–Kier alpha value is -3.75. The third-order valence-corrected chi connectivity index (χ3v) is 4.46. The number of nitrogens with one attached hydrogen (secondary N) is 1. The van der Waals surface area contributed by atoms with Gasteiger partial charge in [-0.3, -0.25) is 10.1 Å². The Morgan fingerprint density at radius 3 is 2.66 bits per heavy atom. The Kier molecular flexibility index (Phi) is 4.39. The minimum Gasteiger partial charge on any atom is -0.486 e. The zero-order valence-electron chi connectivity index (χ0n) is 15.3. The van der Waals surface area contributed by atoms with Gasteiger partial charge in [0.05, 0.1) is 6.42 Å². The second-order valence-electron chi connectivity index (χ2n) is 6.51. The van der Waals surface area contributed by atoms with Crippen molar-refractivity contribution < 1.29 is 28.2 Å². The molecule has 1 atom stereocenters. The molecule has 29 heavy (non-hydrogen) atoms. The highest BCUT2D eigenvalue weighted by atomic mass is 16.6. The Labute approximate surface area is 165 Å². The number of nitrogens with zero attached hydrogens (tertiary/aromatic N) is 2. The molecule has 1 N–H and O–H groups in total. The maximum atomic E-state index is 12.4. The van der Waals surface area contributed by atoms with Gasteiger partial charge in [-0.1, -0.05) is 23.3 Å². The molecule has 9 nitrogen and oxygen atoms in total. The van der Waals surface area contributed by atoms with E-state index in [1.54, 1.807) is 12.1 Å². The van der Waals surface area contributed by atoms with Gasteiger partial charge in [0.15, 0.2) is 23.0 Å². The molecule has 9 heteroatoms. The molecule has 1 unspecified atom stereocenters.